The van der Waals surface area contributed by atoms with E-state index in [2.05, 4.69) is 9.97 Å². The zero-order valence-electron chi connectivity index (χ0n) is 11.3. The molecule has 4 heteroatoms. The predicted octanol–water partition coefficient (Wildman–Crippen LogP) is 3.46. The molecule has 1 aromatic heterocycles. The van der Waals surface area contributed by atoms with Crippen molar-refractivity contribution in [2.24, 2.45) is 0 Å². The van der Waals surface area contributed by atoms with Gasteiger partial charge in [0.05, 0.1) is 5.25 Å². The minimum absolute atomic E-state index is 0.105. The van der Waals surface area contributed by atoms with Crippen LogP contribution in [0, 0.1) is 13.8 Å². The lowest BCUT2D eigenvalue weighted by Crippen LogP contribution is -2.14. The zero-order valence-corrected chi connectivity index (χ0v) is 12.1. The van der Waals surface area contributed by atoms with Gasteiger partial charge >= 0.3 is 0 Å². The standard InChI is InChI=1S/C15H16N2OS/c1-10-9-11(2)17-15(16-10)19-12(3)14(18)13-7-5-4-6-8-13/h4-9,12H,1-3H3. The smallest absolute Gasteiger partial charge is 0.188 e. The van der Waals surface area contributed by atoms with Gasteiger partial charge in [-0.3, -0.25) is 4.79 Å². The van der Waals surface area contributed by atoms with Crippen molar-refractivity contribution in [3.05, 3.63) is 53.3 Å². The van der Waals surface area contributed by atoms with Gasteiger partial charge in [0.25, 0.3) is 0 Å². The van der Waals surface area contributed by atoms with Crippen LogP contribution in [-0.2, 0) is 0 Å². The van der Waals surface area contributed by atoms with E-state index in [4.69, 9.17) is 0 Å². The molecular formula is C15H16N2OS. The van der Waals surface area contributed by atoms with Crippen LogP contribution in [0.3, 0.4) is 0 Å². The molecule has 1 aromatic carbocycles. The Bertz CT molecular complexity index is 564. The maximum Gasteiger partial charge on any atom is 0.188 e. The molecule has 1 atom stereocenters. The topological polar surface area (TPSA) is 42.9 Å². The minimum atomic E-state index is -0.191. The van der Waals surface area contributed by atoms with Crippen LogP contribution in [-0.4, -0.2) is 21.0 Å². The molecule has 19 heavy (non-hydrogen) atoms. The number of carbonyl (C=O) groups is 1. The number of hydrogen-bond acceptors (Lipinski definition) is 4. The predicted molar refractivity (Wildman–Crippen MR) is 77.6 cm³/mol. The maximum atomic E-state index is 12.2. The van der Waals surface area contributed by atoms with Gasteiger partial charge in [-0.25, -0.2) is 9.97 Å². The van der Waals surface area contributed by atoms with Crippen LogP contribution < -0.4 is 0 Å². The average Bonchev–Trinajstić information content (AvgIpc) is 2.37. The molecule has 0 aliphatic carbocycles. The highest BCUT2D eigenvalue weighted by molar-refractivity contribution is 8.00. The lowest BCUT2D eigenvalue weighted by molar-refractivity contribution is 0.0994. The molecule has 0 radical (unpaired) electrons. The summed E-state index contributed by atoms with van der Waals surface area (Å²) in [6.07, 6.45) is 0. The number of benzene rings is 1. The van der Waals surface area contributed by atoms with E-state index < -0.39 is 0 Å². The summed E-state index contributed by atoms with van der Waals surface area (Å²) >= 11 is 1.40. The molecule has 3 nitrogen and oxygen atoms in total. The van der Waals surface area contributed by atoms with Gasteiger partial charge in [0, 0.05) is 17.0 Å². The van der Waals surface area contributed by atoms with Gasteiger partial charge in [0.1, 0.15) is 0 Å². The first kappa shape index (κ1) is 13.7. The van der Waals surface area contributed by atoms with Crippen LogP contribution in [0.25, 0.3) is 0 Å². The lowest BCUT2D eigenvalue weighted by atomic mass is 10.1. The van der Waals surface area contributed by atoms with Crippen molar-refractivity contribution in [1.82, 2.24) is 9.97 Å². The Morgan fingerprint density at radius 1 is 1.11 bits per heavy atom. The Morgan fingerprint density at radius 3 is 2.26 bits per heavy atom. The fourth-order valence-corrected chi connectivity index (χ4v) is 2.75. The quantitative estimate of drug-likeness (QED) is 0.485. The molecule has 0 spiro atoms. The second kappa shape index (κ2) is 5.97. The number of Topliss-reactive ketones (excluding diaryl/α,β-unsaturated/α-hetero) is 1. The lowest BCUT2D eigenvalue weighted by Gasteiger charge is -2.09. The van der Waals surface area contributed by atoms with Crippen molar-refractivity contribution < 1.29 is 4.79 Å². The van der Waals surface area contributed by atoms with Gasteiger partial charge in [0.15, 0.2) is 10.9 Å². The number of aryl methyl sites for hydroxylation is 2. The van der Waals surface area contributed by atoms with Gasteiger partial charge in [0.2, 0.25) is 0 Å². The Labute approximate surface area is 117 Å². The van der Waals surface area contributed by atoms with Crippen LogP contribution >= 0.6 is 11.8 Å². The molecule has 0 aliphatic rings. The fraction of sp³-hybridized carbons (Fsp3) is 0.267. The van der Waals surface area contributed by atoms with Gasteiger partial charge in [-0.2, -0.15) is 0 Å². The summed E-state index contributed by atoms with van der Waals surface area (Å²) in [7, 11) is 0. The van der Waals surface area contributed by atoms with E-state index >= 15 is 0 Å². The van der Waals surface area contributed by atoms with E-state index in [0.717, 1.165) is 17.0 Å². The largest absolute Gasteiger partial charge is 0.293 e. The van der Waals surface area contributed by atoms with Crippen molar-refractivity contribution >= 4 is 17.5 Å². The Balaban J connectivity index is 2.13. The number of ketones is 1. The van der Waals surface area contributed by atoms with Crippen LogP contribution in [0.4, 0.5) is 0 Å². The molecule has 0 amide bonds. The fourth-order valence-electron chi connectivity index (χ4n) is 1.80. The molecule has 0 saturated carbocycles. The van der Waals surface area contributed by atoms with Crippen LogP contribution in [0.2, 0.25) is 0 Å². The molecule has 0 bridgehead atoms. The van der Waals surface area contributed by atoms with Crippen molar-refractivity contribution in [3.8, 4) is 0 Å². The summed E-state index contributed by atoms with van der Waals surface area (Å²) in [4.78, 5) is 20.9. The van der Waals surface area contributed by atoms with Crippen LogP contribution in [0.15, 0.2) is 41.6 Å². The van der Waals surface area contributed by atoms with Gasteiger partial charge in [-0.05, 0) is 26.8 Å². The van der Waals surface area contributed by atoms with E-state index in [1.165, 1.54) is 11.8 Å². The summed E-state index contributed by atoms with van der Waals surface area (Å²) in [5, 5.41) is 0.470. The van der Waals surface area contributed by atoms with E-state index in [-0.39, 0.29) is 11.0 Å². The molecular weight excluding hydrogens is 256 g/mol. The van der Waals surface area contributed by atoms with Crippen molar-refractivity contribution in [1.29, 1.82) is 0 Å². The van der Waals surface area contributed by atoms with Crippen LogP contribution in [0.5, 0.6) is 0 Å². The van der Waals surface area contributed by atoms with Crippen molar-refractivity contribution in [2.75, 3.05) is 0 Å². The first-order valence-corrected chi connectivity index (χ1v) is 7.02. The van der Waals surface area contributed by atoms with E-state index in [9.17, 15) is 4.79 Å². The van der Waals surface area contributed by atoms with Crippen molar-refractivity contribution in [2.45, 2.75) is 31.2 Å². The highest BCUT2D eigenvalue weighted by atomic mass is 32.2. The Hall–Kier alpha value is -1.68. The molecule has 0 aliphatic heterocycles. The number of hydrogen-bond donors (Lipinski definition) is 0. The normalized spacial score (nSPS) is 12.2. The average molecular weight is 272 g/mol. The third-order valence-corrected chi connectivity index (χ3v) is 3.63. The minimum Gasteiger partial charge on any atom is -0.293 e. The third kappa shape index (κ3) is 3.64. The molecule has 0 fully saturated rings. The van der Waals surface area contributed by atoms with E-state index in [0.29, 0.717) is 5.16 Å². The van der Waals surface area contributed by atoms with Gasteiger partial charge in [-0.15, -0.1) is 0 Å². The number of aromatic nitrogens is 2. The highest BCUT2D eigenvalue weighted by Gasteiger charge is 2.17. The number of thioether (sulfide) groups is 1. The summed E-state index contributed by atoms with van der Waals surface area (Å²) in [5.74, 6) is 0.105. The van der Waals surface area contributed by atoms with Gasteiger partial charge in [-0.1, -0.05) is 42.1 Å². The summed E-state index contributed by atoms with van der Waals surface area (Å²) in [6.45, 7) is 5.76. The second-order valence-corrected chi connectivity index (χ2v) is 5.73. The van der Waals surface area contributed by atoms with E-state index in [1.54, 1.807) is 0 Å². The SMILES string of the molecule is Cc1cc(C)nc(SC(C)C(=O)c2ccccc2)n1. The number of nitrogens with zero attached hydrogens (tertiary/aromatic N) is 2. The molecule has 2 aromatic rings. The molecule has 98 valence electrons. The highest BCUT2D eigenvalue weighted by Crippen LogP contribution is 2.23. The number of carbonyl (C=O) groups excluding carboxylic acids is 1. The summed E-state index contributed by atoms with van der Waals surface area (Å²) in [5.41, 5.74) is 2.58. The zero-order chi connectivity index (χ0) is 13.8. The second-order valence-electron chi connectivity index (χ2n) is 4.42. The Morgan fingerprint density at radius 2 is 1.68 bits per heavy atom. The molecule has 0 N–H and O–H groups in total. The number of rotatable bonds is 4. The maximum absolute atomic E-state index is 12.2. The molecule has 1 heterocycles. The van der Waals surface area contributed by atoms with Crippen LogP contribution in [0.1, 0.15) is 28.7 Å². The molecule has 2 rings (SSSR count). The van der Waals surface area contributed by atoms with Gasteiger partial charge < -0.3 is 0 Å². The molecule has 1 unspecified atom stereocenters. The third-order valence-electron chi connectivity index (χ3n) is 2.67. The van der Waals surface area contributed by atoms with Crippen molar-refractivity contribution in [3.63, 3.8) is 0 Å². The monoisotopic (exact) mass is 272 g/mol. The first-order chi connectivity index (χ1) is 9.06. The summed E-state index contributed by atoms with van der Waals surface area (Å²) < 4.78 is 0. The summed E-state index contributed by atoms with van der Waals surface area (Å²) in [6, 6.07) is 11.2. The molecule has 0 saturated heterocycles. The van der Waals surface area contributed by atoms with E-state index in [1.807, 2.05) is 57.2 Å². The first-order valence-electron chi connectivity index (χ1n) is 6.14. The Kier molecular flexibility index (Phi) is 4.32.